The highest BCUT2D eigenvalue weighted by atomic mass is 16.5. The topological polar surface area (TPSA) is 189 Å². The van der Waals surface area contributed by atoms with Crippen molar-refractivity contribution in [2.45, 2.75) is 31.1 Å². The Hall–Kier alpha value is -4.22. The number of aromatic nitrogens is 1. The Labute approximate surface area is 218 Å². The van der Waals surface area contributed by atoms with Gasteiger partial charge in [0.1, 0.15) is 35.3 Å². The summed E-state index contributed by atoms with van der Waals surface area (Å²) in [7, 11) is 3.58. The zero-order valence-corrected chi connectivity index (χ0v) is 20.8. The Balaban J connectivity index is 1.66. The molecule has 1 heterocycles. The number of anilines is 1. The van der Waals surface area contributed by atoms with Crippen molar-refractivity contribution in [3.63, 3.8) is 0 Å². The molecule has 0 saturated heterocycles. The number of benzene rings is 1. The summed E-state index contributed by atoms with van der Waals surface area (Å²) >= 11 is 0. The van der Waals surface area contributed by atoms with Gasteiger partial charge in [0.2, 0.25) is 5.78 Å². The molecule has 3 aliphatic carbocycles. The number of aliphatic hydroxyl groups excluding tert-OH is 2. The SMILES string of the molecule is CN(C)c1ncc(OCc2ccccc2)c2c1C[C@H]1C[C@H]3[C@H](N)C(=O)C(C(N)=O)=C(O)[C@@]3(O)C(=O)C1=C2O. The van der Waals surface area contributed by atoms with Crippen molar-refractivity contribution in [1.82, 2.24) is 4.98 Å². The molecule has 1 saturated carbocycles. The molecule has 11 heteroatoms. The van der Waals surface area contributed by atoms with Crippen LogP contribution in [0, 0.1) is 11.8 Å². The summed E-state index contributed by atoms with van der Waals surface area (Å²) in [5, 5.41) is 33.8. The number of carbonyl (C=O) groups excluding carboxylic acids is 3. The summed E-state index contributed by atoms with van der Waals surface area (Å²) < 4.78 is 6.01. The van der Waals surface area contributed by atoms with E-state index < -0.39 is 58.0 Å². The first-order chi connectivity index (χ1) is 18.0. The molecular formula is C27H28N4O7. The minimum absolute atomic E-state index is 0.0218. The first-order valence-electron chi connectivity index (χ1n) is 12.1. The lowest BCUT2D eigenvalue weighted by Crippen LogP contribution is -2.65. The molecule has 3 aliphatic rings. The van der Waals surface area contributed by atoms with E-state index in [2.05, 4.69) is 4.98 Å². The zero-order valence-electron chi connectivity index (χ0n) is 20.8. The lowest BCUT2D eigenvalue weighted by atomic mass is 9.58. The number of fused-ring (bicyclic) bond motifs is 3. The number of aliphatic hydroxyl groups is 3. The molecule has 0 bridgehead atoms. The van der Waals surface area contributed by atoms with Crippen LogP contribution in [0.5, 0.6) is 5.75 Å². The molecule has 38 heavy (non-hydrogen) atoms. The third kappa shape index (κ3) is 3.57. The van der Waals surface area contributed by atoms with E-state index in [0.29, 0.717) is 11.4 Å². The molecule has 1 fully saturated rings. The lowest BCUT2D eigenvalue weighted by Gasteiger charge is -2.48. The fourth-order valence-electron chi connectivity index (χ4n) is 5.81. The van der Waals surface area contributed by atoms with E-state index in [-0.39, 0.29) is 36.3 Å². The van der Waals surface area contributed by atoms with E-state index in [1.807, 2.05) is 30.3 Å². The molecule has 7 N–H and O–H groups in total. The maximum absolute atomic E-state index is 13.8. The summed E-state index contributed by atoms with van der Waals surface area (Å²) in [6, 6.07) is 7.90. The summed E-state index contributed by atoms with van der Waals surface area (Å²) in [4.78, 5) is 44.7. The van der Waals surface area contributed by atoms with Gasteiger partial charge in [-0.2, -0.15) is 0 Å². The maximum Gasteiger partial charge on any atom is 0.255 e. The van der Waals surface area contributed by atoms with Crippen LogP contribution in [0.3, 0.4) is 0 Å². The van der Waals surface area contributed by atoms with Gasteiger partial charge in [0.05, 0.1) is 17.8 Å². The van der Waals surface area contributed by atoms with Crippen molar-refractivity contribution >= 4 is 29.1 Å². The predicted molar refractivity (Wildman–Crippen MR) is 136 cm³/mol. The van der Waals surface area contributed by atoms with Gasteiger partial charge in [-0.3, -0.25) is 14.4 Å². The Morgan fingerprint density at radius 2 is 1.89 bits per heavy atom. The number of carbonyl (C=O) groups is 3. The standard InChI is InChI=1S/C27H28N4O7/c1-31(2)26-14-8-13-9-15-20(28)22(33)19(25(29)36)24(35)27(15,37)23(34)17(13)21(32)18(14)16(10-30-26)38-11-12-6-4-3-5-7-12/h3-7,10,13,15,20,32,35,37H,8-9,11,28H2,1-2H3,(H2,29,36)/t13-,15-,20-,27-/m0/s1. The van der Waals surface area contributed by atoms with Gasteiger partial charge in [-0.25, -0.2) is 4.98 Å². The number of amides is 1. The number of ether oxygens (including phenoxy) is 1. The number of pyridine rings is 1. The quantitative estimate of drug-likeness (QED) is 0.351. The largest absolute Gasteiger partial charge is 0.508 e. The van der Waals surface area contributed by atoms with Crippen molar-refractivity contribution in [1.29, 1.82) is 0 Å². The van der Waals surface area contributed by atoms with Crippen LogP contribution in [0.2, 0.25) is 0 Å². The van der Waals surface area contributed by atoms with Crippen LogP contribution in [-0.4, -0.2) is 63.5 Å². The van der Waals surface area contributed by atoms with Crippen LogP contribution in [0.4, 0.5) is 5.82 Å². The minimum Gasteiger partial charge on any atom is -0.508 e. The van der Waals surface area contributed by atoms with Crippen LogP contribution in [0.25, 0.3) is 5.76 Å². The lowest BCUT2D eigenvalue weighted by molar-refractivity contribution is -0.149. The predicted octanol–water partition coefficient (Wildman–Crippen LogP) is 0.696. The summed E-state index contributed by atoms with van der Waals surface area (Å²) in [6.45, 7) is 0.171. The smallest absolute Gasteiger partial charge is 0.255 e. The van der Waals surface area contributed by atoms with Gasteiger partial charge in [-0.15, -0.1) is 0 Å². The van der Waals surface area contributed by atoms with Crippen molar-refractivity contribution in [2.24, 2.45) is 23.3 Å². The molecule has 1 aromatic carbocycles. The van der Waals surface area contributed by atoms with Crippen LogP contribution >= 0.6 is 0 Å². The molecule has 198 valence electrons. The van der Waals surface area contributed by atoms with E-state index >= 15 is 0 Å². The van der Waals surface area contributed by atoms with E-state index in [4.69, 9.17) is 16.2 Å². The molecule has 0 radical (unpaired) electrons. The second-order valence-corrected chi connectivity index (χ2v) is 10.0. The van der Waals surface area contributed by atoms with E-state index in [9.17, 15) is 29.7 Å². The van der Waals surface area contributed by atoms with E-state index in [0.717, 1.165) is 5.56 Å². The van der Waals surface area contributed by atoms with Gasteiger partial charge in [-0.1, -0.05) is 30.3 Å². The molecule has 1 amide bonds. The number of nitrogens with zero attached hydrogens (tertiary/aromatic N) is 2. The fraction of sp³-hybridized carbons (Fsp3) is 0.333. The summed E-state index contributed by atoms with van der Waals surface area (Å²) in [5.74, 6) is -5.97. The second kappa shape index (κ2) is 8.96. The molecular weight excluding hydrogens is 492 g/mol. The average molecular weight is 521 g/mol. The maximum atomic E-state index is 13.8. The number of rotatable bonds is 5. The summed E-state index contributed by atoms with van der Waals surface area (Å²) in [5.41, 5.74) is 9.34. The number of primary amides is 1. The van der Waals surface area contributed by atoms with Crippen molar-refractivity contribution in [2.75, 3.05) is 19.0 Å². The highest BCUT2D eigenvalue weighted by Crippen LogP contribution is 2.52. The first-order valence-corrected chi connectivity index (χ1v) is 12.1. The van der Waals surface area contributed by atoms with Crippen molar-refractivity contribution in [3.05, 3.63) is 70.1 Å². The van der Waals surface area contributed by atoms with Crippen LogP contribution in [0.15, 0.2) is 53.4 Å². The van der Waals surface area contributed by atoms with Gasteiger partial charge in [0, 0.05) is 31.1 Å². The Morgan fingerprint density at radius 1 is 1.21 bits per heavy atom. The van der Waals surface area contributed by atoms with Gasteiger partial charge in [-0.05, 0) is 24.3 Å². The number of hydrogen-bond donors (Lipinski definition) is 5. The number of ketones is 2. The van der Waals surface area contributed by atoms with E-state index in [1.54, 1.807) is 19.0 Å². The Kier molecular flexibility index (Phi) is 6.00. The molecule has 4 atom stereocenters. The number of nitrogens with two attached hydrogens (primary N) is 2. The van der Waals surface area contributed by atoms with Crippen molar-refractivity contribution in [3.8, 4) is 5.75 Å². The number of hydrogen-bond acceptors (Lipinski definition) is 10. The second-order valence-electron chi connectivity index (χ2n) is 10.0. The van der Waals surface area contributed by atoms with Crippen LogP contribution < -0.4 is 21.1 Å². The molecule has 11 nitrogen and oxygen atoms in total. The van der Waals surface area contributed by atoms with Gasteiger partial charge < -0.3 is 36.4 Å². The highest BCUT2D eigenvalue weighted by molar-refractivity contribution is 6.24. The van der Waals surface area contributed by atoms with E-state index in [1.165, 1.54) is 6.20 Å². The minimum atomic E-state index is -2.70. The molecule has 2 aromatic rings. The Morgan fingerprint density at radius 3 is 2.53 bits per heavy atom. The van der Waals surface area contributed by atoms with Gasteiger partial charge in [0.15, 0.2) is 11.4 Å². The third-order valence-electron chi connectivity index (χ3n) is 7.63. The molecule has 1 aromatic heterocycles. The zero-order chi connectivity index (χ0) is 27.5. The Bertz CT molecular complexity index is 1430. The summed E-state index contributed by atoms with van der Waals surface area (Å²) in [6.07, 6.45) is 1.66. The average Bonchev–Trinajstić information content (AvgIpc) is 2.88. The monoisotopic (exact) mass is 520 g/mol. The first kappa shape index (κ1) is 25.4. The third-order valence-corrected chi connectivity index (χ3v) is 7.63. The highest BCUT2D eigenvalue weighted by Gasteiger charge is 2.63. The molecule has 0 spiro atoms. The van der Waals surface area contributed by atoms with Crippen LogP contribution in [0.1, 0.15) is 23.1 Å². The van der Waals surface area contributed by atoms with Crippen LogP contribution in [-0.2, 0) is 27.4 Å². The van der Waals surface area contributed by atoms with Gasteiger partial charge in [0.25, 0.3) is 5.91 Å². The fourth-order valence-corrected chi connectivity index (χ4v) is 5.81. The normalized spacial score (nSPS) is 26.5. The van der Waals surface area contributed by atoms with Crippen molar-refractivity contribution < 1.29 is 34.4 Å². The molecule has 0 aliphatic heterocycles. The molecule has 0 unspecified atom stereocenters. The van der Waals surface area contributed by atoms with Gasteiger partial charge >= 0.3 is 0 Å². The molecule has 5 rings (SSSR count). The number of Topliss-reactive ketones (excluding diaryl/α,β-unsaturated/α-hetero) is 2.